The van der Waals surface area contributed by atoms with E-state index in [1.807, 2.05) is 18.2 Å². The topological polar surface area (TPSA) is 93.8 Å². The van der Waals surface area contributed by atoms with Gasteiger partial charge in [-0.25, -0.2) is 9.59 Å². The molecule has 2 amide bonds. The van der Waals surface area contributed by atoms with Gasteiger partial charge in [0.05, 0.1) is 12.1 Å². The average molecular weight is 375 g/mol. The largest absolute Gasteiger partial charge is 0.450 e. The second kappa shape index (κ2) is 8.75. The number of carbonyl (C=O) groups is 2. The Morgan fingerprint density at radius 2 is 2.00 bits per heavy atom. The number of likely N-dealkylation sites (tertiary alicyclic amines) is 1. The molecule has 27 heavy (non-hydrogen) atoms. The van der Waals surface area contributed by atoms with Crippen LogP contribution in [0, 0.1) is 0 Å². The molecule has 0 unspecified atom stereocenters. The lowest BCUT2D eigenvalue weighted by atomic mass is 10.1. The number of nitrogens with zero attached hydrogens (tertiary/aromatic N) is 2. The van der Waals surface area contributed by atoms with Crippen molar-refractivity contribution in [3.8, 4) is 0 Å². The highest BCUT2D eigenvalue weighted by atomic mass is 16.6. The fraction of sp³-hybridized carbons (Fsp3) is 0.526. The van der Waals surface area contributed by atoms with Crippen LogP contribution in [0.4, 0.5) is 4.79 Å². The molecular formula is C19H25N3O5. The average Bonchev–Trinajstić information content (AvgIpc) is 2.98. The normalized spacial score (nSPS) is 15.1. The molecule has 1 N–H and O–H groups in total. The Balaban J connectivity index is 1.42. The summed E-state index contributed by atoms with van der Waals surface area (Å²) in [7, 11) is 0. The highest BCUT2D eigenvalue weighted by molar-refractivity contribution is 5.76. The summed E-state index contributed by atoms with van der Waals surface area (Å²) in [6, 6.07) is 7.32. The zero-order chi connectivity index (χ0) is 19.2. The van der Waals surface area contributed by atoms with Crippen molar-refractivity contribution in [1.82, 2.24) is 14.8 Å². The number of piperidine rings is 1. The predicted octanol–water partition coefficient (Wildman–Crippen LogP) is 2.11. The first-order chi connectivity index (χ1) is 13.1. The number of nitrogens with one attached hydrogen (secondary N) is 1. The molecule has 1 aliphatic heterocycles. The maximum absolute atomic E-state index is 12.2. The molecule has 0 aliphatic carbocycles. The van der Waals surface area contributed by atoms with Crippen molar-refractivity contribution in [3.05, 3.63) is 34.8 Å². The molecule has 1 saturated heterocycles. The van der Waals surface area contributed by atoms with Crippen molar-refractivity contribution >= 4 is 23.1 Å². The molecule has 1 aromatic heterocycles. The Morgan fingerprint density at radius 1 is 1.26 bits per heavy atom. The van der Waals surface area contributed by atoms with E-state index in [2.05, 4.69) is 5.32 Å². The summed E-state index contributed by atoms with van der Waals surface area (Å²) in [5, 5.41) is 3.01. The molecule has 2 aromatic rings. The van der Waals surface area contributed by atoms with Crippen molar-refractivity contribution in [1.29, 1.82) is 0 Å². The van der Waals surface area contributed by atoms with E-state index < -0.39 is 5.76 Å². The third-order valence-electron chi connectivity index (χ3n) is 4.75. The first kappa shape index (κ1) is 19.0. The number of hydrogen-bond donors (Lipinski definition) is 1. The number of carbonyl (C=O) groups excluding carboxylic acids is 2. The molecule has 0 spiro atoms. The Bertz CT molecular complexity index is 848. The molecule has 1 fully saturated rings. The van der Waals surface area contributed by atoms with Crippen LogP contribution in [-0.4, -0.2) is 47.2 Å². The van der Waals surface area contributed by atoms with Crippen LogP contribution in [0.3, 0.4) is 0 Å². The number of aromatic nitrogens is 1. The fourth-order valence-electron chi connectivity index (χ4n) is 3.34. The van der Waals surface area contributed by atoms with E-state index in [9.17, 15) is 14.4 Å². The Labute approximate surface area is 157 Å². The van der Waals surface area contributed by atoms with Crippen LogP contribution >= 0.6 is 0 Å². The van der Waals surface area contributed by atoms with Gasteiger partial charge in [0, 0.05) is 32.1 Å². The second-order valence-electron chi connectivity index (χ2n) is 6.62. The number of oxazole rings is 1. The van der Waals surface area contributed by atoms with Gasteiger partial charge in [-0.05, 0) is 38.3 Å². The summed E-state index contributed by atoms with van der Waals surface area (Å²) >= 11 is 0. The summed E-state index contributed by atoms with van der Waals surface area (Å²) in [4.78, 5) is 37.4. The maximum atomic E-state index is 12.2. The molecule has 1 aromatic carbocycles. The van der Waals surface area contributed by atoms with E-state index in [4.69, 9.17) is 9.15 Å². The number of rotatable bonds is 6. The molecule has 8 nitrogen and oxygen atoms in total. The number of ether oxygens (including phenoxy) is 1. The zero-order valence-corrected chi connectivity index (χ0v) is 15.5. The van der Waals surface area contributed by atoms with E-state index in [1.54, 1.807) is 22.5 Å². The summed E-state index contributed by atoms with van der Waals surface area (Å²) in [6.45, 7) is 3.75. The number of amides is 2. The summed E-state index contributed by atoms with van der Waals surface area (Å²) < 4.78 is 11.7. The van der Waals surface area contributed by atoms with E-state index in [0.717, 1.165) is 18.4 Å². The molecule has 3 rings (SSSR count). The zero-order valence-electron chi connectivity index (χ0n) is 15.5. The third-order valence-corrected chi connectivity index (χ3v) is 4.75. The number of para-hydroxylation sites is 2. The molecule has 2 heterocycles. The van der Waals surface area contributed by atoms with Gasteiger partial charge in [-0.15, -0.1) is 0 Å². The van der Waals surface area contributed by atoms with Gasteiger partial charge in [0.25, 0.3) is 0 Å². The minimum Gasteiger partial charge on any atom is -0.450 e. The number of fused-ring (bicyclic) bond motifs is 1. The second-order valence-corrected chi connectivity index (χ2v) is 6.62. The number of aryl methyl sites for hydroxylation is 1. The maximum Gasteiger partial charge on any atom is 0.419 e. The van der Waals surface area contributed by atoms with Gasteiger partial charge in [-0.1, -0.05) is 12.1 Å². The Kier molecular flexibility index (Phi) is 6.16. The van der Waals surface area contributed by atoms with Crippen molar-refractivity contribution in [2.75, 3.05) is 19.7 Å². The molecule has 1 aliphatic rings. The number of hydrogen-bond acceptors (Lipinski definition) is 5. The smallest absolute Gasteiger partial charge is 0.419 e. The highest BCUT2D eigenvalue weighted by Crippen LogP contribution is 2.14. The molecule has 0 bridgehead atoms. The molecule has 0 saturated carbocycles. The number of benzene rings is 1. The Morgan fingerprint density at radius 3 is 2.74 bits per heavy atom. The monoisotopic (exact) mass is 375 g/mol. The van der Waals surface area contributed by atoms with Crippen molar-refractivity contribution < 1.29 is 18.7 Å². The quantitative estimate of drug-likeness (QED) is 0.835. The van der Waals surface area contributed by atoms with Crippen LogP contribution in [0.5, 0.6) is 0 Å². The Hall–Kier alpha value is -2.77. The van der Waals surface area contributed by atoms with Crippen LogP contribution in [0.25, 0.3) is 11.1 Å². The van der Waals surface area contributed by atoms with Gasteiger partial charge in [0.2, 0.25) is 5.91 Å². The van der Waals surface area contributed by atoms with Gasteiger partial charge >= 0.3 is 11.8 Å². The predicted molar refractivity (Wildman–Crippen MR) is 99.5 cm³/mol. The lowest BCUT2D eigenvalue weighted by molar-refractivity contribution is -0.122. The van der Waals surface area contributed by atoms with Crippen molar-refractivity contribution in [2.24, 2.45) is 0 Å². The minimum atomic E-state index is -0.400. The van der Waals surface area contributed by atoms with Crippen LogP contribution in [0.2, 0.25) is 0 Å². The molecule has 146 valence electrons. The van der Waals surface area contributed by atoms with Crippen LogP contribution < -0.4 is 11.1 Å². The molecule has 0 radical (unpaired) electrons. The van der Waals surface area contributed by atoms with Crippen LogP contribution in [-0.2, 0) is 16.1 Å². The van der Waals surface area contributed by atoms with Gasteiger partial charge in [-0.2, -0.15) is 0 Å². The molecular weight excluding hydrogens is 350 g/mol. The molecule has 8 heteroatoms. The lowest BCUT2D eigenvalue weighted by Crippen LogP contribution is -2.46. The van der Waals surface area contributed by atoms with Crippen molar-refractivity contribution in [3.63, 3.8) is 0 Å². The lowest BCUT2D eigenvalue weighted by Gasteiger charge is -2.31. The van der Waals surface area contributed by atoms with E-state index in [0.29, 0.717) is 44.7 Å². The summed E-state index contributed by atoms with van der Waals surface area (Å²) in [5.41, 5.74) is 1.30. The minimum absolute atomic E-state index is 0.0366. The van der Waals surface area contributed by atoms with Crippen LogP contribution in [0.15, 0.2) is 33.5 Å². The van der Waals surface area contributed by atoms with Gasteiger partial charge in [-0.3, -0.25) is 9.36 Å². The standard InChI is InChI=1S/C19H25N3O5/c1-2-26-18(24)21-12-9-14(10-13-21)20-17(23)8-5-11-22-15-6-3-4-7-16(15)27-19(22)25/h3-4,6-7,14H,2,5,8-13H2,1H3,(H,20,23). The first-order valence-corrected chi connectivity index (χ1v) is 9.38. The first-order valence-electron chi connectivity index (χ1n) is 9.38. The fourth-order valence-corrected chi connectivity index (χ4v) is 3.34. The van der Waals surface area contributed by atoms with Gasteiger partial charge in [0.1, 0.15) is 0 Å². The third kappa shape index (κ3) is 4.69. The molecule has 0 atom stereocenters. The van der Waals surface area contributed by atoms with Crippen molar-refractivity contribution in [2.45, 2.75) is 45.2 Å². The van der Waals surface area contributed by atoms with E-state index >= 15 is 0 Å². The SMILES string of the molecule is CCOC(=O)N1CCC(NC(=O)CCCn2c(=O)oc3ccccc32)CC1. The van der Waals surface area contributed by atoms with Crippen LogP contribution in [0.1, 0.15) is 32.6 Å². The summed E-state index contributed by atoms with van der Waals surface area (Å²) in [6.07, 6.45) is 2.04. The van der Waals surface area contributed by atoms with E-state index in [1.165, 1.54) is 0 Å². The van der Waals surface area contributed by atoms with E-state index in [-0.39, 0.29) is 18.0 Å². The van der Waals surface area contributed by atoms with Gasteiger partial charge in [0.15, 0.2) is 5.58 Å². The summed E-state index contributed by atoms with van der Waals surface area (Å²) in [5.74, 6) is -0.437. The van der Waals surface area contributed by atoms with Gasteiger partial charge < -0.3 is 19.4 Å². The highest BCUT2D eigenvalue weighted by Gasteiger charge is 2.24.